The summed E-state index contributed by atoms with van der Waals surface area (Å²) >= 11 is 1.20. The average molecular weight is 398 g/mol. The number of hydrogen-bond acceptors (Lipinski definition) is 8. The van der Waals surface area contributed by atoms with E-state index in [4.69, 9.17) is 15.3 Å². The number of carbonyl (C=O) groups excluding carboxylic acids is 1. The third kappa shape index (κ3) is 4.01. The summed E-state index contributed by atoms with van der Waals surface area (Å²) in [6.07, 6.45) is 4.15. The van der Waals surface area contributed by atoms with Crippen LogP contribution in [0, 0.1) is 0 Å². The first kappa shape index (κ1) is 18.1. The number of nitrogen functional groups attached to an aromatic ring is 1. The number of benzene rings is 1. The van der Waals surface area contributed by atoms with Gasteiger partial charge in [-0.3, -0.25) is 9.78 Å². The lowest BCUT2D eigenvalue weighted by Crippen LogP contribution is -2.16. The van der Waals surface area contributed by atoms with E-state index in [-0.39, 0.29) is 11.7 Å². The van der Waals surface area contributed by atoms with Gasteiger partial charge in [0.2, 0.25) is 11.1 Å². The quantitative estimate of drug-likeness (QED) is 0.495. The van der Waals surface area contributed by atoms with Crippen molar-refractivity contribution in [2.75, 3.05) is 30.1 Å². The molecule has 1 amide bonds. The molecule has 0 aliphatic carbocycles. The molecule has 3 heterocycles. The summed E-state index contributed by atoms with van der Waals surface area (Å²) in [5.74, 6) is 7.79. The lowest BCUT2D eigenvalue weighted by Gasteiger charge is -2.10. The second kappa shape index (κ2) is 8.17. The molecule has 0 bridgehead atoms. The van der Waals surface area contributed by atoms with Gasteiger partial charge in [-0.15, -0.1) is 10.2 Å². The van der Waals surface area contributed by atoms with Gasteiger partial charge in [0.15, 0.2) is 17.3 Å². The molecule has 0 atom stereocenters. The van der Waals surface area contributed by atoms with E-state index in [2.05, 4.69) is 20.5 Å². The second-order valence-electron chi connectivity index (χ2n) is 5.97. The van der Waals surface area contributed by atoms with Gasteiger partial charge >= 0.3 is 0 Å². The molecule has 144 valence electrons. The van der Waals surface area contributed by atoms with E-state index in [1.807, 2.05) is 6.07 Å². The van der Waals surface area contributed by atoms with Crippen LogP contribution in [0.4, 0.5) is 5.69 Å². The lowest BCUT2D eigenvalue weighted by atomic mass is 10.2. The van der Waals surface area contributed by atoms with Crippen LogP contribution in [0.1, 0.15) is 6.42 Å². The molecule has 2 aromatic heterocycles. The molecular weight excluding hydrogens is 380 g/mol. The van der Waals surface area contributed by atoms with Crippen LogP contribution < -0.4 is 20.6 Å². The summed E-state index contributed by atoms with van der Waals surface area (Å²) in [5, 5.41) is 11.4. The highest BCUT2D eigenvalue weighted by Crippen LogP contribution is 2.32. The number of nitrogens with zero attached hydrogens (tertiary/aromatic N) is 4. The molecule has 3 aromatic rings. The van der Waals surface area contributed by atoms with Crippen molar-refractivity contribution >= 4 is 23.4 Å². The lowest BCUT2D eigenvalue weighted by molar-refractivity contribution is -0.113. The van der Waals surface area contributed by atoms with Crippen molar-refractivity contribution in [3.63, 3.8) is 0 Å². The fraction of sp³-hybridized carbons (Fsp3) is 0.222. The van der Waals surface area contributed by atoms with Crippen molar-refractivity contribution in [2.45, 2.75) is 11.6 Å². The van der Waals surface area contributed by atoms with Gasteiger partial charge in [-0.2, -0.15) is 0 Å². The van der Waals surface area contributed by atoms with Gasteiger partial charge in [-0.25, -0.2) is 4.68 Å². The summed E-state index contributed by atoms with van der Waals surface area (Å²) in [5.41, 5.74) is 1.39. The number of fused-ring (bicyclic) bond motifs is 1. The number of hydrogen-bond donors (Lipinski definition) is 2. The molecule has 0 spiro atoms. The van der Waals surface area contributed by atoms with E-state index >= 15 is 0 Å². The zero-order valence-corrected chi connectivity index (χ0v) is 15.7. The molecule has 0 unspecified atom stereocenters. The third-order valence-corrected chi connectivity index (χ3v) is 4.89. The fourth-order valence-electron chi connectivity index (χ4n) is 2.64. The summed E-state index contributed by atoms with van der Waals surface area (Å²) in [6.45, 7) is 1.21. The minimum absolute atomic E-state index is 0.136. The number of thioether (sulfide) groups is 1. The van der Waals surface area contributed by atoms with Gasteiger partial charge in [0.25, 0.3) is 0 Å². The van der Waals surface area contributed by atoms with Crippen molar-refractivity contribution in [3.05, 3.63) is 42.7 Å². The molecule has 1 aromatic carbocycles. The summed E-state index contributed by atoms with van der Waals surface area (Å²) in [4.78, 5) is 16.3. The first-order chi connectivity index (χ1) is 13.7. The Labute approximate surface area is 165 Å². The van der Waals surface area contributed by atoms with Crippen LogP contribution in [-0.2, 0) is 4.79 Å². The molecule has 28 heavy (non-hydrogen) atoms. The zero-order valence-electron chi connectivity index (χ0n) is 14.9. The topological polar surface area (TPSA) is 117 Å². The Morgan fingerprint density at radius 1 is 1.21 bits per heavy atom. The number of amides is 1. The Balaban J connectivity index is 1.38. The predicted molar refractivity (Wildman–Crippen MR) is 105 cm³/mol. The van der Waals surface area contributed by atoms with Crippen LogP contribution in [0.25, 0.3) is 11.4 Å². The first-order valence-electron chi connectivity index (χ1n) is 8.64. The number of rotatable bonds is 5. The van der Waals surface area contributed by atoms with E-state index in [0.717, 1.165) is 12.0 Å². The Kier molecular flexibility index (Phi) is 5.29. The monoisotopic (exact) mass is 398 g/mol. The van der Waals surface area contributed by atoms with Crippen molar-refractivity contribution in [1.29, 1.82) is 0 Å². The number of pyridine rings is 1. The molecule has 4 rings (SSSR count). The third-order valence-electron chi connectivity index (χ3n) is 3.95. The molecule has 1 aliphatic rings. The van der Waals surface area contributed by atoms with Gasteiger partial charge in [0.1, 0.15) is 0 Å². The molecule has 1 aliphatic heterocycles. The maximum absolute atomic E-state index is 12.3. The van der Waals surface area contributed by atoms with Crippen LogP contribution in [0.5, 0.6) is 11.5 Å². The highest BCUT2D eigenvalue weighted by Gasteiger charge is 2.15. The summed E-state index contributed by atoms with van der Waals surface area (Å²) in [7, 11) is 0. The van der Waals surface area contributed by atoms with Crippen LogP contribution in [0.2, 0.25) is 0 Å². The van der Waals surface area contributed by atoms with Gasteiger partial charge < -0.3 is 20.6 Å². The molecular formula is C18H18N6O3S. The number of nitrogens with one attached hydrogen (secondary N) is 1. The van der Waals surface area contributed by atoms with Crippen LogP contribution in [0.15, 0.2) is 47.9 Å². The maximum atomic E-state index is 12.3. The van der Waals surface area contributed by atoms with Gasteiger partial charge in [0.05, 0.1) is 19.0 Å². The van der Waals surface area contributed by atoms with Crippen LogP contribution in [-0.4, -0.2) is 44.7 Å². The SMILES string of the molecule is Nn1c(SCC(=O)Nc2ccc3c(c2)OCCCO3)nnc1-c1cccnc1. The molecule has 9 nitrogen and oxygen atoms in total. The Bertz CT molecular complexity index is 979. The van der Waals surface area contributed by atoms with Crippen molar-refractivity contribution in [2.24, 2.45) is 0 Å². The number of nitrogens with two attached hydrogens (primary N) is 1. The number of ether oxygens (including phenoxy) is 2. The standard InChI is InChI=1S/C18H18N6O3S/c19-24-17(12-3-1-6-20-10-12)22-23-18(24)28-11-16(25)21-13-4-5-14-15(9-13)27-8-2-7-26-14/h1,3-6,9-10H,2,7-8,11,19H2,(H,21,25). The molecule has 0 saturated heterocycles. The predicted octanol–water partition coefficient (Wildman–Crippen LogP) is 1.95. The van der Waals surface area contributed by atoms with Gasteiger partial charge in [-0.1, -0.05) is 11.8 Å². The van der Waals surface area contributed by atoms with Gasteiger partial charge in [0, 0.05) is 36.1 Å². The Morgan fingerprint density at radius 3 is 2.89 bits per heavy atom. The average Bonchev–Trinajstić information content (AvgIpc) is 2.92. The zero-order chi connectivity index (χ0) is 19.3. The Hall–Kier alpha value is -3.27. The number of anilines is 1. The largest absolute Gasteiger partial charge is 0.490 e. The minimum Gasteiger partial charge on any atom is -0.490 e. The highest BCUT2D eigenvalue weighted by atomic mass is 32.2. The van der Waals surface area contributed by atoms with E-state index in [0.29, 0.717) is 41.4 Å². The van der Waals surface area contributed by atoms with Crippen LogP contribution >= 0.6 is 11.8 Å². The fourth-order valence-corrected chi connectivity index (χ4v) is 3.29. The van der Waals surface area contributed by atoms with E-state index in [9.17, 15) is 4.79 Å². The van der Waals surface area contributed by atoms with Crippen molar-refractivity contribution in [3.8, 4) is 22.9 Å². The molecule has 3 N–H and O–H groups in total. The van der Waals surface area contributed by atoms with Crippen LogP contribution in [0.3, 0.4) is 0 Å². The maximum Gasteiger partial charge on any atom is 0.234 e. The summed E-state index contributed by atoms with van der Waals surface area (Å²) < 4.78 is 12.6. The van der Waals surface area contributed by atoms with Gasteiger partial charge in [-0.05, 0) is 24.3 Å². The van der Waals surface area contributed by atoms with E-state index in [1.54, 1.807) is 36.7 Å². The highest BCUT2D eigenvalue weighted by molar-refractivity contribution is 7.99. The molecule has 0 saturated carbocycles. The molecule has 10 heteroatoms. The minimum atomic E-state index is -0.189. The Morgan fingerprint density at radius 2 is 2.07 bits per heavy atom. The number of aromatic nitrogens is 4. The van der Waals surface area contributed by atoms with E-state index in [1.165, 1.54) is 16.4 Å². The molecule has 0 fully saturated rings. The smallest absolute Gasteiger partial charge is 0.234 e. The first-order valence-corrected chi connectivity index (χ1v) is 9.62. The van der Waals surface area contributed by atoms with Crippen molar-refractivity contribution in [1.82, 2.24) is 19.9 Å². The number of carbonyl (C=O) groups is 1. The van der Waals surface area contributed by atoms with Crippen molar-refractivity contribution < 1.29 is 14.3 Å². The normalized spacial score (nSPS) is 13.0. The second-order valence-corrected chi connectivity index (χ2v) is 6.91. The molecule has 0 radical (unpaired) electrons. The summed E-state index contributed by atoms with van der Waals surface area (Å²) in [6, 6.07) is 8.96. The van der Waals surface area contributed by atoms with E-state index < -0.39 is 0 Å².